The zero-order valence-electron chi connectivity index (χ0n) is 11.1. The molecule has 3 heteroatoms. The van der Waals surface area contributed by atoms with Gasteiger partial charge in [0.15, 0.2) is 0 Å². The van der Waals surface area contributed by atoms with Crippen LogP contribution in [0.4, 0.5) is 5.69 Å². The Morgan fingerprint density at radius 3 is 2.89 bits per heavy atom. The molecule has 1 aliphatic rings. The molecule has 2 heterocycles. The number of hydrogen-bond acceptors (Lipinski definition) is 3. The van der Waals surface area contributed by atoms with Crippen molar-refractivity contribution >= 4 is 16.6 Å². The molecule has 1 aromatic heterocycles. The van der Waals surface area contributed by atoms with Crippen LogP contribution < -0.4 is 5.32 Å². The largest absolute Gasteiger partial charge is 0.387 e. The van der Waals surface area contributed by atoms with Gasteiger partial charge in [-0.25, -0.2) is 0 Å². The number of aryl methyl sites for hydroxylation is 2. The second-order valence-electron chi connectivity index (χ2n) is 4.94. The zero-order chi connectivity index (χ0) is 12.7. The van der Waals surface area contributed by atoms with Gasteiger partial charge < -0.3 is 10.1 Å². The van der Waals surface area contributed by atoms with Gasteiger partial charge in [-0.2, -0.15) is 0 Å². The minimum atomic E-state index is 0.668. The SMILES string of the molecule is CNc1c2c(nc3cc(C)cc(C)c13)CCOC2. The molecule has 0 aliphatic carbocycles. The lowest BCUT2D eigenvalue weighted by Crippen LogP contribution is -2.14. The van der Waals surface area contributed by atoms with Crippen LogP contribution in [0, 0.1) is 13.8 Å². The van der Waals surface area contributed by atoms with Gasteiger partial charge >= 0.3 is 0 Å². The maximum atomic E-state index is 5.57. The van der Waals surface area contributed by atoms with Gasteiger partial charge in [-0.15, -0.1) is 0 Å². The lowest BCUT2D eigenvalue weighted by Gasteiger charge is -2.22. The van der Waals surface area contributed by atoms with E-state index in [1.807, 2.05) is 7.05 Å². The molecule has 0 atom stereocenters. The van der Waals surface area contributed by atoms with Gasteiger partial charge in [0.05, 0.1) is 30.1 Å². The van der Waals surface area contributed by atoms with Crippen LogP contribution in [0.3, 0.4) is 0 Å². The van der Waals surface area contributed by atoms with E-state index in [2.05, 4.69) is 31.3 Å². The summed E-state index contributed by atoms with van der Waals surface area (Å²) in [6.07, 6.45) is 0.910. The van der Waals surface area contributed by atoms with Crippen LogP contribution in [0.2, 0.25) is 0 Å². The Balaban J connectivity index is 2.40. The van der Waals surface area contributed by atoms with Crippen molar-refractivity contribution in [3.8, 4) is 0 Å². The third kappa shape index (κ3) is 1.66. The summed E-state index contributed by atoms with van der Waals surface area (Å²) in [6, 6.07) is 4.37. The van der Waals surface area contributed by atoms with Gasteiger partial charge in [0.2, 0.25) is 0 Å². The Morgan fingerprint density at radius 2 is 2.11 bits per heavy atom. The normalized spacial score (nSPS) is 14.6. The topological polar surface area (TPSA) is 34.2 Å². The molecular weight excluding hydrogens is 224 g/mol. The molecule has 18 heavy (non-hydrogen) atoms. The number of aromatic nitrogens is 1. The van der Waals surface area contributed by atoms with E-state index in [0.717, 1.165) is 18.5 Å². The molecule has 0 saturated carbocycles. The van der Waals surface area contributed by atoms with Crippen LogP contribution >= 0.6 is 0 Å². The van der Waals surface area contributed by atoms with Gasteiger partial charge in [0.25, 0.3) is 0 Å². The molecule has 1 aliphatic heterocycles. The average Bonchev–Trinajstić information content (AvgIpc) is 2.35. The van der Waals surface area contributed by atoms with Crippen molar-refractivity contribution in [3.05, 3.63) is 34.5 Å². The third-order valence-electron chi connectivity index (χ3n) is 3.59. The summed E-state index contributed by atoms with van der Waals surface area (Å²) in [5.41, 5.74) is 7.23. The standard InChI is InChI=1S/C15H18N2O/c1-9-6-10(2)14-13(7-9)17-12-4-5-18-8-11(12)15(14)16-3/h6-7H,4-5,8H2,1-3H3,(H,16,17). The minimum Gasteiger partial charge on any atom is -0.387 e. The van der Waals surface area contributed by atoms with Crippen molar-refractivity contribution in [1.29, 1.82) is 0 Å². The fourth-order valence-electron chi connectivity index (χ4n) is 2.85. The first-order valence-corrected chi connectivity index (χ1v) is 6.39. The Kier molecular flexibility index (Phi) is 2.71. The van der Waals surface area contributed by atoms with Crippen molar-refractivity contribution < 1.29 is 4.74 Å². The molecule has 1 aromatic carbocycles. The first kappa shape index (κ1) is 11.5. The van der Waals surface area contributed by atoms with Crippen LogP contribution in [-0.2, 0) is 17.8 Å². The van der Waals surface area contributed by atoms with Crippen LogP contribution in [0.5, 0.6) is 0 Å². The number of rotatable bonds is 1. The highest BCUT2D eigenvalue weighted by Gasteiger charge is 2.18. The molecule has 0 unspecified atom stereocenters. The quantitative estimate of drug-likeness (QED) is 0.834. The Hall–Kier alpha value is -1.61. The second kappa shape index (κ2) is 4.25. The summed E-state index contributed by atoms with van der Waals surface area (Å²) < 4.78 is 5.57. The van der Waals surface area contributed by atoms with E-state index in [1.54, 1.807) is 0 Å². The average molecular weight is 242 g/mol. The van der Waals surface area contributed by atoms with Gasteiger partial charge in [0, 0.05) is 24.4 Å². The van der Waals surface area contributed by atoms with E-state index in [-0.39, 0.29) is 0 Å². The number of hydrogen-bond donors (Lipinski definition) is 1. The lowest BCUT2D eigenvalue weighted by atomic mass is 9.98. The number of fused-ring (bicyclic) bond motifs is 2. The number of ether oxygens (including phenoxy) is 1. The maximum Gasteiger partial charge on any atom is 0.0755 e. The summed E-state index contributed by atoms with van der Waals surface area (Å²) >= 11 is 0. The summed E-state index contributed by atoms with van der Waals surface area (Å²) in [7, 11) is 1.98. The molecule has 0 bridgehead atoms. The molecular formula is C15H18N2O. The minimum absolute atomic E-state index is 0.668. The fraction of sp³-hybridized carbons (Fsp3) is 0.400. The number of benzene rings is 1. The van der Waals surface area contributed by atoms with E-state index in [9.17, 15) is 0 Å². The van der Waals surface area contributed by atoms with Crippen molar-refractivity contribution in [3.63, 3.8) is 0 Å². The fourth-order valence-corrected chi connectivity index (χ4v) is 2.85. The van der Waals surface area contributed by atoms with Crippen LogP contribution in [0.25, 0.3) is 10.9 Å². The predicted molar refractivity (Wildman–Crippen MR) is 74.1 cm³/mol. The molecule has 0 spiro atoms. The lowest BCUT2D eigenvalue weighted by molar-refractivity contribution is 0.110. The predicted octanol–water partition coefficient (Wildman–Crippen LogP) is 2.97. The number of anilines is 1. The molecule has 2 aromatic rings. The summed E-state index contributed by atoms with van der Waals surface area (Å²) in [4.78, 5) is 4.83. The Bertz CT molecular complexity index is 620. The summed E-state index contributed by atoms with van der Waals surface area (Å²) in [5.74, 6) is 0. The van der Waals surface area contributed by atoms with Crippen molar-refractivity contribution in [2.24, 2.45) is 0 Å². The van der Waals surface area contributed by atoms with E-state index in [0.29, 0.717) is 6.61 Å². The first-order valence-electron chi connectivity index (χ1n) is 6.39. The van der Waals surface area contributed by atoms with E-state index in [1.165, 1.54) is 33.5 Å². The smallest absolute Gasteiger partial charge is 0.0755 e. The summed E-state index contributed by atoms with van der Waals surface area (Å²) in [5, 5.41) is 4.57. The molecule has 0 fully saturated rings. The summed E-state index contributed by atoms with van der Waals surface area (Å²) in [6.45, 7) is 5.71. The van der Waals surface area contributed by atoms with Crippen molar-refractivity contribution in [2.45, 2.75) is 26.9 Å². The Labute approximate surface area is 107 Å². The van der Waals surface area contributed by atoms with E-state index >= 15 is 0 Å². The highest BCUT2D eigenvalue weighted by Crippen LogP contribution is 2.33. The van der Waals surface area contributed by atoms with E-state index in [4.69, 9.17) is 9.72 Å². The monoisotopic (exact) mass is 242 g/mol. The number of nitrogens with one attached hydrogen (secondary N) is 1. The van der Waals surface area contributed by atoms with Gasteiger partial charge in [-0.1, -0.05) is 6.07 Å². The van der Waals surface area contributed by atoms with Crippen LogP contribution in [0.1, 0.15) is 22.4 Å². The maximum absolute atomic E-state index is 5.57. The van der Waals surface area contributed by atoms with Crippen LogP contribution in [-0.4, -0.2) is 18.6 Å². The van der Waals surface area contributed by atoms with Gasteiger partial charge in [-0.3, -0.25) is 4.98 Å². The highest BCUT2D eigenvalue weighted by molar-refractivity contribution is 5.96. The molecule has 3 nitrogen and oxygen atoms in total. The molecule has 0 amide bonds. The zero-order valence-corrected chi connectivity index (χ0v) is 11.1. The highest BCUT2D eigenvalue weighted by atomic mass is 16.5. The van der Waals surface area contributed by atoms with Crippen molar-refractivity contribution in [1.82, 2.24) is 4.98 Å². The molecule has 0 radical (unpaired) electrons. The van der Waals surface area contributed by atoms with Crippen molar-refractivity contribution in [2.75, 3.05) is 19.0 Å². The van der Waals surface area contributed by atoms with Gasteiger partial charge in [-0.05, 0) is 31.0 Å². The first-order chi connectivity index (χ1) is 8.70. The molecule has 0 saturated heterocycles. The third-order valence-corrected chi connectivity index (χ3v) is 3.59. The molecule has 94 valence electrons. The Morgan fingerprint density at radius 1 is 1.28 bits per heavy atom. The van der Waals surface area contributed by atoms with Gasteiger partial charge in [0.1, 0.15) is 0 Å². The van der Waals surface area contributed by atoms with Crippen LogP contribution in [0.15, 0.2) is 12.1 Å². The van der Waals surface area contributed by atoms with E-state index < -0.39 is 0 Å². The molecule has 3 rings (SSSR count). The number of nitrogens with zero attached hydrogens (tertiary/aromatic N) is 1. The second-order valence-corrected chi connectivity index (χ2v) is 4.94. The number of pyridine rings is 1. The molecule has 1 N–H and O–H groups in total.